The summed E-state index contributed by atoms with van der Waals surface area (Å²) in [6.07, 6.45) is 8.10. The molecule has 0 saturated carbocycles. The molecule has 0 aromatic carbocycles. The number of hydrogen-bond donors (Lipinski definition) is 0. The number of rotatable bonds is 6. The fourth-order valence-electron chi connectivity index (χ4n) is 1.40. The summed E-state index contributed by atoms with van der Waals surface area (Å²) in [4.78, 5) is 0. The summed E-state index contributed by atoms with van der Waals surface area (Å²) in [5, 5.41) is 0. The molecule has 1 atom stereocenters. The van der Waals surface area contributed by atoms with E-state index in [4.69, 9.17) is 0 Å². The predicted molar refractivity (Wildman–Crippen MR) is 101 cm³/mol. The Labute approximate surface area is 133 Å². The molecule has 0 amide bonds. The Hall–Kier alpha value is 0. The second-order valence-electron chi connectivity index (χ2n) is 6.37. The van der Waals surface area contributed by atoms with Gasteiger partial charge < -0.3 is 0 Å². The number of hydrogen-bond acceptors (Lipinski definition) is 0. The van der Waals surface area contributed by atoms with E-state index in [2.05, 4.69) is 62.3 Å². The van der Waals surface area contributed by atoms with Gasteiger partial charge in [0, 0.05) is 0 Å². The molecule has 128 valence electrons. The van der Waals surface area contributed by atoms with Gasteiger partial charge in [0.25, 0.3) is 0 Å². The van der Waals surface area contributed by atoms with E-state index in [1.807, 2.05) is 13.8 Å². The van der Waals surface area contributed by atoms with Gasteiger partial charge in [0.1, 0.15) is 0 Å². The third-order valence-electron chi connectivity index (χ3n) is 2.80. The lowest BCUT2D eigenvalue weighted by Gasteiger charge is -2.09. The van der Waals surface area contributed by atoms with Gasteiger partial charge in [0.2, 0.25) is 0 Å². The smallest absolute Gasteiger partial charge is 0.0445 e. The first-order valence-electron chi connectivity index (χ1n) is 9.35. The zero-order valence-electron chi connectivity index (χ0n) is 17.0. The van der Waals surface area contributed by atoms with E-state index in [-0.39, 0.29) is 0 Å². The molecular weight excluding hydrogens is 240 g/mol. The zero-order valence-corrected chi connectivity index (χ0v) is 17.0. The van der Waals surface area contributed by atoms with Crippen LogP contribution in [0, 0.1) is 17.8 Å². The Morgan fingerprint density at radius 1 is 0.600 bits per heavy atom. The molecule has 0 aromatic rings. The average Bonchev–Trinajstić information content (AvgIpc) is 2.39. The lowest BCUT2D eigenvalue weighted by Crippen LogP contribution is -1.95. The summed E-state index contributed by atoms with van der Waals surface area (Å²) in [6.45, 7) is 24.2. The van der Waals surface area contributed by atoms with Gasteiger partial charge >= 0.3 is 0 Å². The maximum absolute atomic E-state index is 2.34. The fourth-order valence-corrected chi connectivity index (χ4v) is 1.40. The van der Waals surface area contributed by atoms with Crippen LogP contribution >= 0.6 is 0 Å². The topological polar surface area (TPSA) is 0 Å². The molecular formula is C20H48. The van der Waals surface area contributed by atoms with Crippen molar-refractivity contribution in [3.05, 3.63) is 0 Å². The minimum absolute atomic E-state index is 0.888. The van der Waals surface area contributed by atoms with Crippen molar-refractivity contribution in [3.8, 4) is 0 Å². The van der Waals surface area contributed by atoms with E-state index in [1.165, 1.54) is 38.5 Å². The van der Waals surface area contributed by atoms with E-state index >= 15 is 0 Å². The third kappa shape index (κ3) is 52.0. The molecule has 0 aliphatic heterocycles. The first kappa shape index (κ1) is 28.2. The fraction of sp³-hybridized carbons (Fsp3) is 1.00. The van der Waals surface area contributed by atoms with E-state index in [0.717, 1.165) is 17.8 Å². The van der Waals surface area contributed by atoms with Gasteiger partial charge in [-0.2, -0.15) is 0 Å². The predicted octanol–water partition coefficient (Wildman–Crippen LogP) is 8.35. The van der Waals surface area contributed by atoms with Gasteiger partial charge in [-0.25, -0.2) is 0 Å². The summed E-state index contributed by atoms with van der Waals surface area (Å²) in [7, 11) is 0. The summed E-state index contributed by atoms with van der Waals surface area (Å²) in [5.74, 6) is 2.72. The van der Waals surface area contributed by atoms with Crippen LogP contribution in [0.5, 0.6) is 0 Å². The van der Waals surface area contributed by atoms with Crippen LogP contribution in [-0.4, -0.2) is 0 Å². The third-order valence-corrected chi connectivity index (χ3v) is 2.80. The first-order valence-corrected chi connectivity index (χ1v) is 9.35. The van der Waals surface area contributed by atoms with E-state index < -0.39 is 0 Å². The quantitative estimate of drug-likeness (QED) is 0.460. The summed E-state index contributed by atoms with van der Waals surface area (Å²) >= 11 is 0. The SMILES string of the molecule is CC.CCC.CCC(C)CCC(C)C.CCCC(C)C. The Bertz CT molecular complexity index is 113. The first-order chi connectivity index (χ1) is 9.35. The van der Waals surface area contributed by atoms with Crippen LogP contribution in [0.15, 0.2) is 0 Å². The van der Waals surface area contributed by atoms with Crippen LogP contribution < -0.4 is 0 Å². The minimum atomic E-state index is 0.888. The van der Waals surface area contributed by atoms with Crippen LogP contribution in [0.2, 0.25) is 0 Å². The molecule has 0 aromatic heterocycles. The maximum atomic E-state index is 2.34. The largest absolute Gasteiger partial charge is 0.0683 e. The molecule has 0 aliphatic rings. The Morgan fingerprint density at radius 3 is 1.10 bits per heavy atom. The van der Waals surface area contributed by atoms with Crippen molar-refractivity contribution in [2.24, 2.45) is 17.8 Å². The van der Waals surface area contributed by atoms with Crippen LogP contribution in [0.1, 0.15) is 115 Å². The zero-order chi connectivity index (χ0) is 17.0. The summed E-state index contributed by atoms with van der Waals surface area (Å²) in [6, 6.07) is 0. The molecule has 0 heteroatoms. The summed E-state index contributed by atoms with van der Waals surface area (Å²) in [5.41, 5.74) is 0. The van der Waals surface area contributed by atoms with Crippen molar-refractivity contribution in [1.82, 2.24) is 0 Å². The molecule has 20 heavy (non-hydrogen) atoms. The highest BCUT2D eigenvalue weighted by Gasteiger charge is 1.99. The van der Waals surface area contributed by atoms with Crippen molar-refractivity contribution in [2.45, 2.75) is 115 Å². The van der Waals surface area contributed by atoms with Crippen LogP contribution in [-0.2, 0) is 0 Å². The highest BCUT2D eigenvalue weighted by Crippen LogP contribution is 2.13. The second kappa shape index (κ2) is 27.4. The van der Waals surface area contributed by atoms with Crippen molar-refractivity contribution >= 4 is 0 Å². The Balaban J connectivity index is -0.000000101. The van der Waals surface area contributed by atoms with Crippen LogP contribution in [0.4, 0.5) is 0 Å². The molecule has 0 heterocycles. The molecule has 0 radical (unpaired) electrons. The molecule has 0 fully saturated rings. The summed E-state index contributed by atoms with van der Waals surface area (Å²) < 4.78 is 0. The van der Waals surface area contributed by atoms with Gasteiger partial charge in [-0.05, 0) is 17.8 Å². The maximum Gasteiger partial charge on any atom is -0.0445 e. The Morgan fingerprint density at radius 2 is 0.950 bits per heavy atom. The molecule has 0 rings (SSSR count). The van der Waals surface area contributed by atoms with E-state index in [1.54, 1.807) is 0 Å². The minimum Gasteiger partial charge on any atom is -0.0683 e. The lowest BCUT2D eigenvalue weighted by atomic mass is 9.98. The molecule has 1 unspecified atom stereocenters. The molecule has 0 nitrogen and oxygen atoms in total. The standard InChI is InChI=1S/C9H20.C6H14.C3H8.C2H6/c1-5-9(4)7-6-8(2)3;1-4-5-6(2)3;1-3-2;1-2/h8-9H,5-7H2,1-4H3;6H,4-5H2,1-3H3;3H2,1-2H3;1-2H3. The average molecular weight is 289 g/mol. The molecule has 0 bridgehead atoms. The lowest BCUT2D eigenvalue weighted by molar-refractivity contribution is 0.441. The second-order valence-corrected chi connectivity index (χ2v) is 6.37. The molecule has 0 aliphatic carbocycles. The van der Waals surface area contributed by atoms with Gasteiger partial charge in [0.05, 0.1) is 0 Å². The molecule has 0 spiro atoms. The van der Waals surface area contributed by atoms with E-state index in [0.29, 0.717) is 0 Å². The monoisotopic (exact) mass is 288 g/mol. The van der Waals surface area contributed by atoms with Gasteiger partial charge in [-0.1, -0.05) is 115 Å². The highest BCUT2D eigenvalue weighted by atomic mass is 14.1. The normalized spacial score (nSPS) is 10.7. The van der Waals surface area contributed by atoms with E-state index in [9.17, 15) is 0 Å². The Kier molecular flexibility index (Phi) is 38.6. The van der Waals surface area contributed by atoms with Gasteiger partial charge in [-0.3, -0.25) is 0 Å². The van der Waals surface area contributed by atoms with Gasteiger partial charge in [-0.15, -0.1) is 0 Å². The highest BCUT2D eigenvalue weighted by molar-refractivity contribution is 4.52. The molecule has 0 N–H and O–H groups in total. The van der Waals surface area contributed by atoms with Crippen LogP contribution in [0.3, 0.4) is 0 Å². The van der Waals surface area contributed by atoms with Crippen molar-refractivity contribution in [3.63, 3.8) is 0 Å². The van der Waals surface area contributed by atoms with Crippen molar-refractivity contribution in [2.75, 3.05) is 0 Å². The molecule has 0 saturated heterocycles. The van der Waals surface area contributed by atoms with Crippen molar-refractivity contribution < 1.29 is 0 Å². The van der Waals surface area contributed by atoms with Crippen molar-refractivity contribution in [1.29, 1.82) is 0 Å². The van der Waals surface area contributed by atoms with Gasteiger partial charge in [0.15, 0.2) is 0 Å². The van der Waals surface area contributed by atoms with Crippen LogP contribution in [0.25, 0.3) is 0 Å².